The fourth-order valence-corrected chi connectivity index (χ4v) is 2.78. The van der Waals surface area contributed by atoms with E-state index in [0.29, 0.717) is 6.61 Å². The predicted octanol–water partition coefficient (Wildman–Crippen LogP) is 3.68. The third kappa shape index (κ3) is 4.13. The standard InChI is InChI=1S/C21H20N2O3/c1-2-9-23-18(5-1)13-22-12-16-4-3-6-19(10-16)24-14-17-7-8-20-21(11-17)26-15-25-20/h1-11,22H,12-15H2. The minimum absolute atomic E-state index is 0.285. The van der Waals surface area contributed by atoms with E-state index in [9.17, 15) is 0 Å². The smallest absolute Gasteiger partial charge is 0.231 e. The van der Waals surface area contributed by atoms with Crippen molar-refractivity contribution in [2.24, 2.45) is 0 Å². The van der Waals surface area contributed by atoms with Crippen molar-refractivity contribution in [3.05, 3.63) is 83.7 Å². The summed E-state index contributed by atoms with van der Waals surface area (Å²) in [6.07, 6.45) is 1.81. The van der Waals surface area contributed by atoms with Crippen molar-refractivity contribution in [2.45, 2.75) is 19.7 Å². The summed E-state index contributed by atoms with van der Waals surface area (Å²) in [5, 5.41) is 3.40. The van der Waals surface area contributed by atoms with Crippen LogP contribution in [0.25, 0.3) is 0 Å². The molecule has 1 N–H and O–H groups in total. The maximum atomic E-state index is 5.92. The number of benzene rings is 2. The highest BCUT2D eigenvalue weighted by Crippen LogP contribution is 2.32. The molecular weight excluding hydrogens is 328 g/mol. The molecule has 1 aliphatic rings. The van der Waals surface area contributed by atoms with Crippen molar-refractivity contribution in [3.8, 4) is 17.2 Å². The van der Waals surface area contributed by atoms with E-state index in [1.165, 1.54) is 5.56 Å². The van der Waals surface area contributed by atoms with Gasteiger partial charge in [-0.05, 0) is 47.5 Å². The van der Waals surface area contributed by atoms with E-state index in [-0.39, 0.29) is 6.79 Å². The Morgan fingerprint density at radius 3 is 2.77 bits per heavy atom. The second-order valence-electron chi connectivity index (χ2n) is 6.05. The van der Waals surface area contributed by atoms with E-state index < -0.39 is 0 Å². The molecule has 0 saturated carbocycles. The molecule has 0 fully saturated rings. The first-order chi connectivity index (χ1) is 12.9. The topological polar surface area (TPSA) is 52.6 Å². The molecule has 0 aliphatic carbocycles. The lowest BCUT2D eigenvalue weighted by Gasteiger charge is -2.09. The van der Waals surface area contributed by atoms with E-state index in [1.807, 2.05) is 54.7 Å². The summed E-state index contributed by atoms with van der Waals surface area (Å²) >= 11 is 0. The summed E-state index contributed by atoms with van der Waals surface area (Å²) in [7, 11) is 0. The second kappa shape index (κ2) is 7.89. The molecule has 0 spiro atoms. The van der Waals surface area contributed by atoms with Gasteiger partial charge in [-0.1, -0.05) is 24.3 Å². The second-order valence-corrected chi connectivity index (χ2v) is 6.05. The average molecular weight is 348 g/mol. The lowest BCUT2D eigenvalue weighted by molar-refractivity contribution is 0.174. The normalized spacial score (nSPS) is 12.2. The van der Waals surface area contributed by atoms with E-state index in [4.69, 9.17) is 14.2 Å². The van der Waals surface area contributed by atoms with Crippen LogP contribution >= 0.6 is 0 Å². The van der Waals surface area contributed by atoms with Crippen LogP contribution in [0.5, 0.6) is 17.2 Å². The SMILES string of the molecule is c1ccc(CNCc2cccc(OCc3ccc4c(c3)OCO4)c2)nc1. The van der Waals surface area contributed by atoms with Crippen LogP contribution in [-0.4, -0.2) is 11.8 Å². The highest BCUT2D eigenvalue weighted by Gasteiger charge is 2.13. The van der Waals surface area contributed by atoms with Crippen molar-refractivity contribution < 1.29 is 14.2 Å². The highest BCUT2D eigenvalue weighted by molar-refractivity contribution is 5.44. The number of aromatic nitrogens is 1. The molecule has 26 heavy (non-hydrogen) atoms. The molecule has 0 bridgehead atoms. The number of hydrogen-bond acceptors (Lipinski definition) is 5. The fraction of sp³-hybridized carbons (Fsp3) is 0.190. The van der Waals surface area contributed by atoms with Gasteiger partial charge >= 0.3 is 0 Å². The van der Waals surface area contributed by atoms with E-state index in [1.54, 1.807) is 0 Å². The summed E-state index contributed by atoms with van der Waals surface area (Å²) in [5.41, 5.74) is 3.25. The molecule has 3 aromatic rings. The Bertz CT molecular complexity index is 868. The highest BCUT2D eigenvalue weighted by atomic mass is 16.7. The molecule has 0 saturated heterocycles. The number of fused-ring (bicyclic) bond motifs is 1. The van der Waals surface area contributed by atoms with E-state index in [2.05, 4.69) is 22.4 Å². The van der Waals surface area contributed by atoms with Gasteiger partial charge in [0.15, 0.2) is 11.5 Å². The van der Waals surface area contributed by atoms with Gasteiger partial charge in [0.05, 0.1) is 5.69 Å². The van der Waals surface area contributed by atoms with Crippen LogP contribution < -0.4 is 19.5 Å². The monoisotopic (exact) mass is 348 g/mol. The van der Waals surface area contributed by atoms with Gasteiger partial charge in [0, 0.05) is 19.3 Å². The first-order valence-electron chi connectivity index (χ1n) is 8.58. The number of nitrogens with zero attached hydrogens (tertiary/aromatic N) is 1. The molecule has 0 amide bonds. The lowest BCUT2D eigenvalue weighted by atomic mass is 10.2. The van der Waals surface area contributed by atoms with Gasteiger partial charge in [0.25, 0.3) is 0 Å². The minimum Gasteiger partial charge on any atom is -0.489 e. The quantitative estimate of drug-likeness (QED) is 0.706. The van der Waals surface area contributed by atoms with E-state index in [0.717, 1.165) is 41.6 Å². The third-order valence-corrected chi connectivity index (χ3v) is 4.10. The largest absolute Gasteiger partial charge is 0.489 e. The van der Waals surface area contributed by atoms with Crippen molar-refractivity contribution in [3.63, 3.8) is 0 Å². The lowest BCUT2D eigenvalue weighted by Crippen LogP contribution is -2.13. The zero-order valence-corrected chi connectivity index (χ0v) is 14.4. The molecule has 2 aromatic carbocycles. The van der Waals surface area contributed by atoms with Crippen LogP contribution in [0.15, 0.2) is 66.9 Å². The molecule has 1 aliphatic heterocycles. The van der Waals surface area contributed by atoms with Crippen molar-refractivity contribution >= 4 is 0 Å². The van der Waals surface area contributed by atoms with Gasteiger partial charge in [-0.3, -0.25) is 4.98 Å². The third-order valence-electron chi connectivity index (χ3n) is 4.10. The predicted molar refractivity (Wildman–Crippen MR) is 98.1 cm³/mol. The van der Waals surface area contributed by atoms with Crippen LogP contribution in [0.4, 0.5) is 0 Å². The van der Waals surface area contributed by atoms with Crippen molar-refractivity contribution in [1.82, 2.24) is 10.3 Å². The van der Waals surface area contributed by atoms with Crippen LogP contribution in [0.1, 0.15) is 16.8 Å². The summed E-state index contributed by atoms with van der Waals surface area (Å²) in [6.45, 7) is 2.27. The van der Waals surface area contributed by atoms with Crippen LogP contribution in [0, 0.1) is 0 Å². The summed E-state index contributed by atoms with van der Waals surface area (Å²) in [6, 6.07) is 19.9. The minimum atomic E-state index is 0.285. The number of nitrogens with one attached hydrogen (secondary N) is 1. The molecule has 5 nitrogen and oxygen atoms in total. The average Bonchev–Trinajstić information content (AvgIpc) is 3.15. The summed E-state index contributed by atoms with van der Waals surface area (Å²) < 4.78 is 16.6. The van der Waals surface area contributed by atoms with Gasteiger partial charge in [0.1, 0.15) is 12.4 Å². The zero-order chi connectivity index (χ0) is 17.6. The molecule has 0 unspecified atom stereocenters. The number of hydrogen-bond donors (Lipinski definition) is 1. The Hall–Kier alpha value is -3.05. The van der Waals surface area contributed by atoms with Crippen molar-refractivity contribution in [2.75, 3.05) is 6.79 Å². The van der Waals surface area contributed by atoms with Gasteiger partial charge in [-0.15, -0.1) is 0 Å². The van der Waals surface area contributed by atoms with Crippen LogP contribution in [-0.2, 0) is 19.7 Å². The summed E-state index contributed by atoms with van der Waals surface area (Å²) in [4.78, 5) is 4.31. The van der Waals surface area contributed by atoms with Crippen LogP contribution in [0.3, 0.4) is 0 Å². The molecule has 0 radical (unpaired) electrons. The molecule has 5 heteroatoms. The van der Waals surface area contributed by atoms with E-state index >= 15 is 0 Å². The Balaban J connectivity index is 1.31. The Labute approximate surface area is 152 Å². The maximum Gasteiger partial charge on any atom is 0.231 e. The number of ether oxygens (including phenoxy) is 3. The van der Waals surface area contributed by atoms with Crippen molar-refractivity contribution in [1.29, 1.82) is 0 Å². The first kappa shape index (κ1) is 16.4. The molecule has 2 heterocycles. The fourth-order valence-electron chi connectivity index (χ4n) is 2.78. The Morgan fingerprint density at radius 1 is 0.885 bits per heavy atom. The molecular formula is C21H20N2O3. The maximum absolute atomic E-state index is 5.92. The molecule has 4 rings (SSSR count). The molecule has 1 aromatic heterocycles. The zero-order valence-electron chi connectivity index (χ0n) is 14.4. The Kier molecular flexibility index (Phi) is 4.98. The van der Waals surface area contributed by atoms with Gasteiger partial charge in [-0.2, -0.15) is 0 Å². The van der Waals surface area contributed by atoms with Gasteiger partial charge < -0.3 is 19.5 Å². The molecule has 0 atom stereocenters. The number of rotatable bonds is 7. The van der Waals surface area contributed by atoms with Gasteiger partial charge in [-0.25, -0.2) is 0 Å². The van der Waals surface area contributed by atoms with Gasteiger partial charge in [0.2, 0.25) is 6.79 Å². The number of pyridine rings is 1. The Morgan fingerprint density at radius 2 is 1.85 bits per heavy atom. The first-order valence-corrected chi connectivity index (χ1v) is 8.58. The molecule has 132 valence electrons. The summed E-state index contributed by atoms with van der Waals surface area (Å²) in [5.74, 6) is 2.41. The van der Waals surface area contributed by atoms with Crippen LogP contribution in [0.2, 0.25) is 0 Å².